The quantitative estimate of drug-likeness (QED) is 0.382. The van der Waals surface area contributed by atoms with E-state index in [0.29, 0.717) is 11.3 Å². The lowest BCUT2D eigenvalue weighted by Gasteiger charge is -2.32. The third-order valence-corrected chi connectivity index (χ3v) is 5.60. The van der Waals surface area contributed by atoms with Crippen molar-refractivity contribution < 1.29 is 6.22 Å². The van der Waals surface area contributed by atoms with Gasteiger partial charge in [0.1, 0.15) is 0 Å². The number of allylic oxidation sites excluding steroid dienone is 6. The minimum atomic E-state index is -0.288. The largest absolute Gasteiger partial charge is 0.377 e. The predicted octanol–water partition coefficient (Wildman–Crippen LogP) is 5.09. The van der Waals surface area contributed by atoms with E-state index in [1.807, 2.05) is 38.1 Å². The van der Waals surface area contributed by atoms with Crippen LogP contribution < -0.4 is 4.90 Å². The van der Waals surface area contributed by atoms with Gasteiger partial charge in [-0.3, -0.25) is 14.8 Å². The van der Waals surface area contributed by atoms with Gasteiger partial charge in [-0.2, -0.15) is 0 Å². The molecule has 0 bridgehead atoms. The fraction of sp³-hybridized carbons (Fsp3) is 0.333. The van der Waals surface area contributed by atoms with E-state index >= 15 is 0 Å². The number of hydrogen-bond acceptors (Lipinski definition) is 4. The predicted molar refractivity (Wildman–Crippen MR) is 134 cm³/mol. The summed E-state index contributed by atoms with van der Waals surface area (Å²) in [6, 6.07) is 4.35. The Bertz CT molecular complexity index is 1120. The van der Waals surface area contributed by atoms with Crippen LogP contribution in [0.2, 0.25) is 0 Å². The molecule has 0 saturated carbocycles. The highest BCUT2D eigenvalue weighted by molar-refractivity contribution is 6.22. The Labute approximate surface area is 187 Å². The Morgan fingerprint density at radius 1 is 1.29 bits per heavy atom. The molecule has 1 aromatic carbocycles. The van der Waals surface area contributed by atoms with E-state index < -0.39 is 0 Å². The van der Waals surface area contributed by atoms with Gasteiger partial charge < -0.3 is 4.90 Å². The van der Waals surface area contributed by atoms with Crippen LogP contribution in [0.1, 0.15) is 45.8 Å². The van der Waals surface area contributed by atoms with Crippen LogP contribution in [-0.4, -0.2) is 39.4 Å². The summed E-state index contributed by atoms with van der Waals surface area (Å²) in [4.78, 5) is 23.2. The van der Waals surface area contributed by atoms with Crippen molar-refractivity contribution in [3.05, 3.63) is 64.2 Å². The number of aliphatic imine (C=N–C) groups is 2. The molecule has 0 aromatic heterocycles. The average molecular weight is 415 g/mol. The number of anilines is 1. The van der Waals surface area contributed by atoms with Crippen molar-refractivity contribution in [3.8, 4) is 11.8 Å². The van der Waals surface area contributed by atoms with Crippen molar-refractivity contribution in [1.29, 1.82) is 0 Å². The van der Waals surface area contributed by atoms with Crippen molar-refractivity contribution in [3.63, 3.8) is 0 Å². The topological polar surface area (TPSA) is 45.0 Å². The number of carbonyl (C=O) groups excluding carboxylic acids is 1. The van der Waals surface area contributed by atoms with Crippen LogP contribution in [0.3, 0.4) is 0 Å². The van der Waals surface area contributed by atoms with E-state index in [-0.39, 0.29) is 12.6 Å². The van der Waals surface area contributed by atoms with Crippen LogP contribution >= 0.6 is 0 Å². The lowest BCUT2D eigenvalue weighted by Crippen LogP contribution is -2.23. The van der Waals surface area contributed by atoms with E-state index in [0.717, 1.165) is 17.7 Å². The molecule has 0 amide bonds. The van der Waals surface area contributed by atoms with Gasteiger partial charge in [0.05, 0.1) is 17.0 Å². The van der Waals surface area contributed by atoms with Crippen molar-refractivity contribution >= 4 is 29.5 Å². The monoisotopic (exact) mass is 414 g/mol. The summed E-state index contributed by atoms with van der Waals surface area (Å²) in [5.74, 6) is 7.13. The molecule has 0 heterocycles. The number of nitrogens with zero attached hydrogens (tertiary/aromatic N) is 3. The van der Waals surface area contributed by atoms with Crippen LogP contribution in [-0.2, 0) is 11.2 Å². The molecule has 0 fully saturated rings. The maximum atomic E-state index is 12.9. The molecule has 0 saturated heterocycles. The number of ketones is 1. The second kappa shape index (κ2) is 8.89. The molecule has 0 unspecified atom stereocenters. The summed E-state index contributed by atoms with van der Waals surface area (Å²) in [5.41, 5.74) is 6.97. The second-order valence-electron chi connectivity index (χ2n) is 8.72. The molecule has 1 radical (unpaired) electrons. The van der Waals surface area contributed by atoms with Crippen molar-refractivity contribution in [2.75, 3.05) is 26.0 Å². The molecule has 161 valence electrons. The third kappa shape index (κ3) is 4.77. The number of fused-ring (bicyclic) bond motifs is 3. The number of hydrogen-bond donors (Lipinski definition) is 0. The minimum Gasteiger partial charge on any atom is -0.377 e. The van der Waals surface area contributed by atoms with E-state index in [1.165, 1.54) is 28.8 Å². The van der Waals surface area contributed by atoms with Crippen LogP contribution in [0.5, 0.6) is 0 Å². The summed E-state index contributed by atoms with van der Waals surface area (Å²) >= 11 is 0. The molecule has 4 nitrogen and oxygen atoms in total. The first-order valence-electron chi connectivity index (χ1n) is 10.5. The summed E-state index contributed by atoms with van der Waals surface area (Å²) in [6.45, 7) is 8.26. The van der Waals surface area contributed by atoms with Crippen molar-refractivity contribution in [2.24, 2.45) is 15.4 Å². The highest BCUT2D eigenvalue weighted by atomic mass is 16.1. The summed E-state index contributed by atoms with van der Waals surface area (Å²) in [7, 11) is 5.64. The van der Waals surface area contributed by atoms with Gasteiger partial charge in [0, 0.05) is 46.5 Å². The summed E-state index contributed by atoms with van der Waals surface area (Å²) in [6.07, 6.45) is 10.1. The van der Waals surface area contributed by atoms with Crippen LogP contribution in [0.4, 0.5) is 5.69 Å². The van der Waals surface area contributed by atoms with Gasteiger partial charge in [-0.25, -0.2) is 0 Å². The Balaban J connectivity index is 0.00000363. The second-order valence-corrected chi connectivity index (χ2v) is 8.72. The summed E-state index contributed by atoms with van der Waals surface area (Å²) in [5, 5.41) is 0. The van der Waals surface area contributed by atoms with Gasteiger partial charge in [-0.15, -0.1) is 0 Å². The van der Waals surface area contributed by atoms with Gasteiger partial charge in [0.15, 0.2) is 0 Å². The minimum absolute atomic E-state index is 0. The number of benzene rings is 1. The lowest BCUT2D eigenvalue weighted by atomic mass is 9.72. The molecular formula is C27H32N3O. The normalized spacial score (nSPS) is 17.7. The lowest BCUT2D eigenvalue weighted by molar-refractivity contribution is -0.110. The maximum absolute atomic E-state index is 12.9. The Morgan fingerprint density at radius 2 is 2.03 bits per heavy atom. The number of rotatable bonds is 5. The van der Waals surface area contributed by atoms with Crippen LogP contribution in [0.15, 0.2) is 51.6 Å². The molecule has 2 aliphatic rings. The zero-order chi connectivity index (χ0) is 22.8. The van der Waals surface area contributed by atoms with Crippen molar-refractivity contribution in [1.82, 2.24) is 0 Å². The molecule has 2 aliphatic carbocycles. The number of carbonyl (C=O) groups is 1. The van der Waals surface area contributed by atoms with Crippen LogP contribution in [0, 0.1) is 23.2 Å². The van der Waals surface area contributed by atoms with Gasteiger partial charge in [0.2, 0.25) is 5.78 Å². The third-order valence-electron chi connectivity index (χ3n) is 5.60. The number of Topliss-reactive ketones (excluding diaryl/α,β-unsaturated/α-hetero) is 1. The van der Waals surface area contributed by atoms with E-state index in [4.69, 9.17) is 0 Å². The van der Waals surface area contributed by atoms with E-state index in [2.05, 4.69) is 53.9 Å². The average Bonchev–Trinajstić information content (AvgIpc) is 3.51. The molecule has 0 aliphatic heterocycles. The highest BCUT2D eigenvalue weighted by Gasteiger charge is 2.45. The smallest absolute Gasteiger partial charge is 0.239 e. The van der Waals surface area contributed by atoms with Gasteiger partial charge in [0.25, 0.3) is 0 Å². The molecular weight excluding hydrogens is 382 g/mol. The molecule has 1 aromatic rings. The molecule has 4 heteroatoms. The molecule has 31 heavy (non-hydrogen) atoms. The Kier molecular flexibility index (Phi) is 6.45. The first-order chi connectivity index (χ1) is 14.7. The molecule has 0 atom stereocenters. The standard InChI is InChI=1S/C27H30N3O.H2/c1-8-9-12-29-18(2)23(17-28-5)26(31)11-10-19-13-20-16-27(3,4)24-14-22(24)21(20)15-25(19)30(6)7;/h8-9,12-15,17H,16H2,1-7H3;1H/b9-8-,23-18-,28-17?,29-12-;. The summed E-state index contributed by atoms with van der Waals surface area (Å²) < 4.78 is 0. The van der Waals surface area contributed by atoms with E-state index in [9.17, 15) is 4.79 Å². The van der Waals surface area contributed by atoms with Gasteiger partial charge in [-0.1, -0.05) is 31.9 Å². The van der Waals surface area contributed by atoms with Crippen LogP contribution in [0.25, 0.3) is 5.57 Å². The maximum Gasteiger partial charge on any atom is 0.239 e. The Morgan fingerprint density at radius 3 is 2.68 bits per heavy atom. The van der Waals surface area contributed by atoms with Gasteiger partial charge in [-0.05, 0) is 66.5 Å². The fourth-order valence-corrected chi connectivity index (χ4v) is 3.91. The molecule has 0 spiro atoms. The molecule has 3 rings (SSSR count). The first kappa shape index (κ1) is 22.5. The van der Waals surface area contributed by atoms with Crippen molar-refractivity contribution in [2.45, 2.75) is 34.1 Å². The highest BCUT2D eigenvalue weighted by Crippen LogP contribution is 2.58. The first-order valence-corrected chi connectivity index (χ1v) is 10.5. The zero-order valence-electron chi connectivity index (χ0n) is 19.5. The van der Waals surface area contributed by atoms with Gasteiger partial charge >= 0.3 is 0 Å². The fourth-order valence-electron chi connectivity index (χ4n) is 3.91. The molecule has 0 N–H and O–H groups in total. The SMILES string of the molecule is C\C=C/C=N\C(C)=C(\C=NC)C(=O)C#Cc1cc2c(cc1N(C)C)C1=C[C]1C(C)(C)C2.[HH]. The zero-order valence-corrected chi connectivity index (χ0v) is 19.5. The van der Waals surface area contributed by atoms with E-state index in [1.54, 1.807) is 20.2 Å². The Hall–Kier alpha value is -3.19.